The summed E-state index contributed by atoms with van der Waals surface area (Å²) in [7, 11) is 0. The van der Waals surface area contributed by atoms with Gasteiger partial charge in [0.1, 0.15) is 0 Å². The fourth-order valence-corrected chi connectivity index (χ4v) is 1.19. The second-order valence-electron chi connectivity index (χ2n) is 3.84. The fraction of sp³-hybridized carbons (Fsp3) is 0.818. The normalized spacial score (nSPS) is 12.9. The van der Waals surface area contributed by atoms with Gasteiger partial charge in [-0.25, -0.2) is 0 Å². The maximum absolute atomic E-state index is 3.85. The van der Waals surface area contributed by atoms with E-state index in [1.165, 1.54) is 24.8 Å². The van der Waals surface area contributed by atoms with Gasteiger partial charge in [-0.3, -0.25) is 0 Å². The molecule has 0 amide bonds. The number of nitrogens with one attached hydrogen (secondary N) is 1. The van der Waals surface area contributed by atoms with Crippen LogP contribution in [0.5, 0.6) is 0 Å². The van der Waals surface area contributed by atoms with E-state index in [9.17, 15) is 0 Å². The minimum absolute atomic E-state index is 0.810. The lowest BCUT2D eigenvalue weighted by atomic mass is 10.0. The summed E-state index contributed by atoms with van der Waals surface area (Å²) in [6, 6.07) is 0. The van der Waals surface area contributed by atoms with E-state index in [0.29, 0.717) is 0 Å². The van der Waals surface area contributed by atoms with Crippen molar-refractivity contribution in [2.75, 3.05) is 13.1 Å². The number of rotatable bonds is 7. The molecule has 12 heavy (non-hydrogen) atoms. The Labute approximate surface area is 77.2 Å². The van der Waals surface area contributed by atoms with Crippen LogP contribution in [0.2, 0.25) is 0 Å². The molecule has 0 aliphatic carbocycles. The Morgan fingerprint density at radius 2 is 2.17 bits per heavy atom. The van der Waals surface area contributed by atoms with Crippen LogP contribution >= 0.6 is 0 Å². The summed E-state index contributed by atoms with van der Waals surface area (Å²) in [5.74, 6) is 0.810. The van der Waals surface area contributed by atoms with Crippen LogP contribution in [0.1, 0.15) is 40.0 Å². The Bertz CT molecular complexity index is 118. The molecule has 0 saturated heterocycles. The number of unbranched alkanes of at least 4 members (excludes halogenated alkanes) is 1. The first-order valence-electron chi connectivity index (χ1n) is 5.02. The Morgan fingerprint density at radius 1 is 1.50 bits per heavy atom. The van der Waals surface area contributed by atoms with E-state index in [4.69, 9.17) is 0 Å². The van der Waals surface area contributed by atoms with Gasteiger partial charge in [0.2, 0.25) is 0 Å². The highest BCUT2D eigenvalue weighted by molar-refractivity contribution is 4.90. The molecule has 0 heterocycles. The zero-order valence-electron chi connectivity index (χ0n) is 8.82. The second-order valence-corrected chi connectivity index (χ2v) is 3.84. The van der Waals surface area contributed by atoms with Crippen molar-refractivity contribution in [1.82, 2.24) is 5.32 Å². The molecule has 0 rings (SSSR count). The van der Waals surface area contributed by atoms with E-state index in [1.54, 1.807) is 0 Å². The third-order valence-electron chi connectivity index (χ3n) is 1.97. The van der Waals surface area contributed by atoms with Gasteiger partial charge in [-0.1, -0.05) is 38.8 Å². The van der Waals surface area contributed by atoms with Gasteiger partial charge in [0.05, 0.1) is 0 Å². The van der Waals surface area contributed by atoms with E-state index >= 15 is 0 Å². The van der Waals surface area contributed by atoms with Gasteiger partial charge in [-0.2, -0.15) is 0 Å². The molecule has 0 spiro atoms. The predicted octanol–water partition coefficient (Wildman–Crippen LogP) is 2.98. The van der Waals surface area contributed by atoms with Gasteiger partial charge in [0, 0.05) is 6.54 Å². The predicted molar refractivity (Wildman–Crippen MR) is 56.4 cm³/mol. The van der Waals surface area contributed by atoms with Crippen molar-refractivity contribution in [3.05, 3.63) is 12.2 Å². The molecular weight excluding hydrogens is 146 g/mol. The van der Waals surface area contributed by atoms with Gasteiger partial charge in [0.25, 0.3) is 0 Å². The van der Waals surface area contributed by atoms with Crippen LogP contribution in [0.15, 0.2) is 12.2 Å². The summed E-state index contributed by atoms with van der Waals surface area (Å²) in [5.41, 5.74) is 1.22. The van der Waals surface area contributed by atoms with Crippen molar-refractivity contribution in [3.8, 4) is 0 Å². The molecule has 1 heteroatoms. The lowest BCUT2D eigenvalue weighted by Gasteiger charge is -2.11. The molecule has 0 aliphatic heterocycles. The first kappa shape index (κ1) is 11.7. The minimum atomic E-state index is 0.810. The van der Waals surface area contributed by atoms with E-state index in [2.05, 4.69) is 32.7 Å². The van der Waals surface area contributed by atoms with Crippen molar-refractivity contribution >= 4 is 0 Å². The molecule has 1 N–H and O–H groups in total. The molecule has 1 unspecified atom stereocenters. The monoisotopic (exact) mass is 169 g/mol. The van der Waals surface area contributed by atoms with Crippen molar-refractivity contribution in [2.45, 2.75) is 40.0 Å². The highest BCUT2D eigenvalue weighted by atomic mass is 14.8. The molecule has 72 valence electrons. The average Bonchev–Trinajstić information content (AvgIpc) is 2.00. The molecule has 0 aromatic heterocycles. The van der Waals surface area contributed by atoms with E-state index in [0.717, 1.165) is 19.0 Å². The van der Waals surface area contributed by atoms with Gasteiger partial charge in [-0.05, 0) is 25.8 Å². The first-order chi connectivity index (χ1) is 5.66. The van der Waals surface area contributed by atoms with Crippen molar-refractivity contribution in [3.63, 3.8) is 0 Å². The van der Waals surface area contributed by atoms with Crippen LogP contribution in [0.4, 0.5) is 0 Å². The van der Waals surface area contributed by atoms with Gasteiger partial charge >= 0.3 is 0 Å². The Hall–Kier alpha value is -0.300. The Balaban J connectivity index is 3.19. The quantitative estimate of drug-likeness (QED) is 0.578. The molecule has 0 aromatic carbocycles. The molecule has 0 radical (unpaired) electrons. The highest BCUT2D eigenvalue weighted by Crippen LogP contribution is 2.05. The van der Waals surface area contributed by atoms with Crippen LogP contribution in [0.25, 0.3) is 0 Å². The zero-order chi connectivity index (χ0) is 9.40. The van der Waals surface area contributed by atoms with Crippen molar-refractivity contribution in [2.24, 2.45) is 5.92 Å². The molecule has 0 fully saturated rings. The summed E-state index contributed by atoms with van der Waals surface area (Å²) in [5, 5.41) is 3.39. The first-order valence-corrected chi connectivity index (χ1v) is 5.02. The lowest BCUT2D eigenvalue weighted by Crippen LogP contribution is -2.22. The lowest BCUT2D eigenvalue weighted by molar-refractivity contribution is 0.473. The average molecular weight is 169 g/mol. The minimum Gasteiger partial charge on any atom is -0.313 e. The largest absolute Gasteiger partial charge is 0.313 e. The molecule has 1 atom stereocenters. The highest BCUT2D eigenvalue weighted by Gasteiger charge is 1.99. The van der Waals surface area contributed by atoms with Gasteiger partial charge in [-0.15, -0.1) is 0 Å². The summed E-state index contributed by atoms with van der Waals surface area (Å²) >= 11 is 0. The van der Waals surface area contributed by atoms with Crippen LogP contribution in [0, 0.1) is 5.92 Å². The van der Waals surface area contributed by atoms with E-state index in [-0.39, 0.29) is 0 Å². The summed E-state index contributed by atoms with van der Waals surface area (Å²) < 4.78 is 0. The smallest absolute Gasteiger partial charge is 0.0159 e. The SMILES string of the molecule is C=C(C)CNCC(C)CCCC. The van der Waals surface area contributed by atoms with Crippen LogP contribution < -0.4 is 5.32 Å². The number of hydrogen-bond acceptors (Lipinski definition) is 1. The maximum atomic E-state index is 3.85. The van der Waals surface area contributed by atoms with Crippen LogP contribution in [-0.4, -0.2) is 13.1 Å². The molecule has 1 nitrogen and oxygen atoms in total. The summed E-state index contributed by atoms with van der Waals surface area (Å²) in [4.78, 5) is 0. The van der Waals surface area contributed by atoms with Crippen molar-refractivity contribution in [1.29, 1.82) is 0 Å². The Kier molecular flexibility index (Phi) is 7.17. The Morgan fingerprint density at radius 3 is 2.67 bits per heavy atom. The van der Waals surface area contributed by atoms with Crippen LogP contribution in [0.3, 0.4) is 0 Å². The number of hydrogen-bond donors (Lipinski definition) is 1. The molecule has 0 aromatic rings. The topological polar surface area (TPSA) is 12.0 Å². The maximum Gasteiger partial charge on any atom is 0.0159 e. The van der Waals surface area contributed by atoms with E-state index in [1.807, 2.05) is 0 Å². The van der Waals surface area contributed by atoms with Gasteiger partial charge in [0.15, 0.2) is 0 Å². The molecule has 0 bridgehead atoms. The fourth-order valence-electron chi connectivity index (χ4n) is 1.19. The second kappa shape index (κ2) is 7.35. The third kappa shape index (κ3) is 7.80. The molecule has 0 saturated carbocycles. The standard InChI is InChI=1S/C11H23N/c1-5-6-7-11(4)9-12-8-10(2)3/h11-12H,2,5-9H2,1,3-4H3. The zero-order valence-corrected chi connectivity index (χ0v) is 8.82. The van der Waals surface area contributed by atoms with Gasteiger partial charge < -0.3 is 5.32 Å². The molecule has 0 aliphatic rings. The third-order valence-corrected chi connectivity index (χ3v) is 1.97. The molecular formula is C11H23N. The van der Waals surface area contributed by atoms with E-state index < -0.39 is 0 Å². The summed E-state index contributed by atoms with van der Waals surface area (Å²) in [6.45, 7) is 12.6. The van der Waals surface area contributed by atoms with Crippen LogP contribution in [-0.2, 0) is 0 Å². The summed E-state index contributed by atoms with van der Waals surface area (Å²) in [6.07, 6.45) is 4.01. The van der Waals surface area contributed by atoms with Crippen molar-refractivity contribution < 1.29 is 0 Å².